The van der Waals surface area contributed by atoms with Crippen LogP contribution in [-0.2, 0) is 4.79 Å². The Kier molecular flexibility index (Phi) is 7.77. The Hall–Kier alpha value is -0.570. The second-order valence-electron chi connectivity index (χ2n) is 8.28. The van der Waals surface area contributed by atoms with Crippen molar-refractivity contribution in [1.29, 1.82) is 0 Å². The summed E-state index contributed by atoms with van der Waals surface area (Å²) in [5.41, 5.74) is 0.282. The number of guanidine groups is 1. The average molecular weight is 451 g/mol. The summed E-state index contributed by atoms with van der Waals surface area (Å²) in [6.07, 6.45) is 2.91. The number of aliphatic imine (C=N–C) groups is 1. The SMILES string of the molecule is CN=C(NCC(C)(C)CN(C)C)N1CCCC2(CNC(=O)C2)C1.I. The largest absolute Gasteiger partial charge is 0.356 e. The molecule has 0 bridgehead atoms. The third-order valence-corrected chi connectivity index (χ3v) is 4.84. The van der Waals surface area contributed by atoms with Crippen LogP contribution in [0.15, 0.2) is 4.99 Å². The lowest BCUT2D eigenvalue weighted by Crippen LogP contribution is -2.53. The molecule has 0 aromatic heterocycles. The summed E-state index contributed by atoms with van der Waals surface area (Å²) >= 11 is 0. The van der Waals surface area contributed by atoms with Crippen molar-refractivity contribution in [2.24, 2.45) is 15.8 Å². The number of amides is 1. The highest BCUT2D eigenvalue weighted by Crippen LogP contribution is 2.36. The van der Waals surface area contributed by atoms with Crippen LogP contribution in [0, 0.1) is 10.8 Å². The van der Waals surface area contributed by atoms with Gasteiger partial charge >= 0.3 is 0 Å². The molecule has 7 heteroatoms. The third kappa shape index (κ3) is 5.75. The Morgan fingerprint density at radius 1 is 1.46 bits per heavy atom. The molecule has 140 valence electrons. The lowest BCUT2D eigenvalue weighted by Gasteiger charge is -2.41. The van der Waals surface area contributed by atoms with Gasteiger partial charge in [0, 0.05) is 51.6 Å². The first-order valence-corrected chi connectivity index (χ1v) is 8.62. The molecule has 6 nitrogen and oxygen atoms in total. The summed E-state index contributed by atoms with van der Waals surface area (Å²) in [7, 11) is 6.06. The summed E-state index contributed by atoms with van der Waals surface area (Å²) in [6, 6.07) is 0. The van der Waals surface area contributed by atoms with Crippen molar-refractivity contribution in [3.05, 3.63) is 0 Å². The Balaban J connectivity index is 0.00000288. The highest BCUT2D eigenvalue weighted by Gasteiger charge is 2.42. The van der Waals surface area contributed by atoms with E-state index >= 15 is 0 Å². The zero-order chi connectivity index (χ0) is 17.1. The maximum Gasteiger partial charge on any atom is 0.220 e. The normalized spacial score (nSPS) is 25.0. The second-order valence-corrected chi connectivity index (χ2v) is 8.28. The van der Waals surface area contributed by atoms with Crippen molar-refractivity contribution < 1.29 is 4.79 Å². The van der Waals surface area contributed by atoms with Crippen LogP contribution in [0.1, 0.15) is 33.1 Å². The number of likely N-dealkylation sites (tertiary alicyclic amines) is 1. The number of halogens is 1. The smallest absolute Gasteiger partial charge is 0.220 e. The molecule has 0 radical (unpaired) electrons. The molecule has 2 N–H and O–H groups in total. The molecule has 1 spiro atoms. The lowest BCUT2D eigenvalue weighted by molar-refractivity contribution is -0.119. The molecule has 2 heterocycles. The van der Waals surface area contributed by atoms with Crippen LogP contribution in [0.25, 0.3) is 0 Å². The minimum absolute atomic E-state index is 0. The molecule has 1 atom stereocenters. The molecule has 2 aliphatic heterocycles. The number of nitrogens with zero attached hydrogens (tertiary/aromatic N) is 3. The van der Waals surface area contributed by atoms with Crippen molar-refractivity contribution in [3.8, 4) is 0 Å². The van der Waals surface area contributed by atoms with Crippen LogP contribution in [0.4, 0.5) is 0 Å². The molecule has 2 fully saturated rings. The Morgan fingerprint density at radius 2 is 2.17 bits per heavy atom. The summed E-state index contributed by atoms with van der Waals surface area (Å²) in [6.45, 7) is 9.20. The van der Waals surface area contributed by atoms with Gasteiger partial charge in [0.05, 0.1) is 0 Å². The predicted octanol–water partition coefficient (Wildman–Crippen LogP) is 1.37. The third-order valence-electron chi connectivity index (χ3n) is 4.84. The van der Waals surface area contributed by atoms with Crippen molar-refractivity contribution in [3.63, 3.8) is 0 Å². The van der Waals surface area contributed by atoms with E-state index in [4.69, 9.17) is 0 Å². The fraction of sp³-hybridized carbons (Fsp3) is 0.882. The second kappa shape index (κ2) is 8.69. The quantitative estimate of drug-likeness (QED) is 0.385. The number of rotatable bonds is 4. The van der Waals surface area contributed by atoms with Crippen LogP contribution >= 0.6 is 24.0 Å². The van der Waals surface area contributed by atoms with Gasteiger partial charge in [-0.05, 0) is 32.4 Å². The number of carbonyl (C=O) groups is 1. The van der Waals surface area contributed by atoms with E-state index in [-0.39, 0.29) is 40.7 Å². The minimum atomic E-state index is 0. The molecular weight excluding hydrogens is 417 g/mol. The summed E-state index contributed by atoms with van der Waals surface area (Å²) < 4.78 is 0. The Bertz CT molecular complexity index is 466. The molecule has 1 unspecified atom stereocenters. The first-order chi connectivity index (χ1) is 10.8. The van der Waals surface area contributed by atoms with Gasteiger partial charge in [-0.15, -0.1) is 24.0 Å². The zero-order valence-corrected chi connectivity index (χ0v) is 18.1. The number of hydrogen-bond donors (Lipinski definition) is 2. The first-order valence-electron chi connectivity index (χ1n) is 8.62. The van der Waals surface area contributed by atoms with Crippen LogP contribution in [0.2, 0.25) is 0 Å². The average Bonchev–Trinajstić information content (AvgIpc) is 2.78. The molecule has 1 amide bonds. The van der Waals surface area contributed by atoms with Crippen molar-refractivity contribution >= 4 is 35.8 Å². The van der Waals surface area contributed by atoms with Gasteiger partial charge < -0.3 is 20.4 Å². The van der Waals surface area contributed by atoms with E-state index in [0.717, 1.165) is 51.5 Å². The number of hydrogen-bond acceptors (Lipinski definition) is 3. The van der Waals surface area contributed by atoms with Gasteiger partial charge in [0.1, 0.15) is 0 Å². The fourth-order valence-electron chi connectivity index (χ4n) is 3.99. The summed E-state index contributed by atoms with van der Waals surface area (Å²) in [5.74, 6) is 1.16. The van der Waals surface area contributed by atoms with Gasteiger partial charge in [-0.3, -0.25) is 9.79 Å². The minimum Gasteiger partial charge on any atom is -0.356 e. The van der Waals surface area contributed by atoms with E-state index in [2.05, 4.69) is 53.4 Å². The van der Waals surface area contributed by atoms with Crippen LogP contribution in [0.5, 0.6) is 0 Å². The number of piperidine rings is 1. The van der Waals surface area contributed by atoms with Gasteiger partial charge in [0.2, 0.25) is 5.91 Å². The van der Waals surface area contributed by atoms with E-state index in [1.807, 2.05) is 7.05 Å². The van der Waals surface area contributed by atoms with E-state index < -0.39 is 0 Å². The van der Waals surface area contributed by atoms with Crippen LogP contribution < -0.4 is 10.6 Å². The predicted molar refractivity (Wildman–Crippen MR) is 110 cm³/mol. The first kappa shape index (κ1) is 21.5. The van der Waals surface area contributed by atoms with Gasteiger partial charge in [-0.2, -0.15) is 0 Å². The molecule has 0 saturated carbocycles. The highest BCUT2D eigenvalue weighted by molar-refractivity contribution is 14.0. The van der Waals surface area contributed by atoms with Gasteiger partial charge in [0.15, 0.2) is 5.96 Å². The number of nitrogens with one attached hydrogen (secondary N) is 2. The zero-order valence-electron chi connectivity index (χ0n) is 15.8. The monoisotopic (exact) mass is 451 g/mol. The van der Waals surface area contributed by atoms with Gasteiger partial charge in [-0.25, -0.2) is 0 Å². The van der Waals surface area contributed by atoms with Gasteiger partial charge in [-0.1, -0.05) is 13.8 Å². The topological polar surface area (TPSA) is 60.0 Å². The van der Waals surface area contributed by atoms with E-state index in [1.54, 1.807) is 0 Å². The van der Waals surface area contributed by atoms with Gasteiger partial charge in [0.25, 0.3) is 0 Å². The molecular formula is C17H34IN5O. The summed E-state index contributed by atoms with van der Waals surface area (Å²) in [4.78, 5) is 20.7. The molecule has 24 heavy (non-hydrogen) atoms. The fourth-order valence-corrected chi connectivity index (χ4v) is 3.99. The molecule has 2 saturated heterocycles. The molecule has 2 aliphatic rings. The highest BCUT2D eigenvalue weighted by atomic mass is 127. The standard InChI is InChI=1S/C17H33N5O.HI/c1-16(2,12-21(4)5)10-20-15(18-3)22-8-6-7-17(13-22)9-14(23)19-11-17;/h6-13H2,1-5H3,(H,18,20)(H,19,23);1H. The maximum absolute atomic E-state index is 11.6. The van der Waals surface area contributed by atoms with E-state index in [1.165, 1.54) is 0 Å². The van der Waals surface area contributed by atoms with Crippen molar-refractivity contribution in [2.45, 2.75) is 33.1 Å². The molecule has 0 aliphatic carbocycles. The van der Waals surface area contributed by atoms with E-state index in [9.17, 15) is 4.79 Å². The Labute approximate surface area is 163 Å². The maximum atomic E-state index is 11.6. The summed E-state index contributed by atoms with van der Waals surface area (Å²) in [5, 5.41) is 6.55. The lowest BCUT2D eigenvalue weighted by atomic mass is 9.79. The Morgan fingerprint density at radius 3 is 2.71 bits per heavy atom. The molecule has 0 aromatic rings. The van der Waals surface area contributed by atoms with Crippen LogP contribution in [-0.4, -0.2) is 75.5 Å². The van der Waals surface area contributed by atoms with Crippen molar-refractivity contribution in [1.82, 2.24) is 20.4 Å². The van der Waals surface area contributed by atoms with Crippen molar-refractivity contribution in [2.75, 3.05) is 53.9 Å². The van der Waals surface area contributed by atoms with Crippen LogP contribution in [0.3, 0.4) is 0 Å². The molecule has 2 rings (SSSR count). The molecule has 0 aromatic carbocycles. The van der Waals surface area contributed by atoms with E-state index in [0.29, 0.717) is 6.42 Å². The number of carbonyl (C=O) groups excluding carboxylic acids is 1.